The molecular weight excluding hydrogens is 395 g/mol. The van der Waals surface area contributed by atoms with E-state index in [1.165, 1.54) is 56.7 Å². The van der Waals surface area contributed by atoms with E-state index in [9.17, 15) is 4.39 Å². The van der Waals surface area contributed by atoms with Gasteiger partial charge in [0.1, 0.15) is 23.5 Å². The zero-order chi connectivity index (χ0) is 22.0. The zero-order valence-corrected chi connectivity index (χ0v) is 18.2. The minimum absolute atomic E-state index is 0.128. The maximum Gasteiger partial charge on any atom is 0.141 e. The molecular formula is C27H30F3N. The van der Waals surface area contributed by atoms with Crippen molar-refractivity contribution in [1.29, 1.82) is 5.26 Å². The number of nitrogens with zero attached hydrogens (tertiary/aromatic N) is 1. The van der Waals surface area contributed by atoms with Crippen LogP contribution < -0.4 is 0 Å². The molecule has 0 heterocycles. The second-order valence-electron chi connectivity index (χ2n) is 9.36. The third-order valence-corrected chi connectivity index (χ3v) is 7.45. The van der Waals surface area contributed by atoms with E-state index in [2.05, 4.69) is 6.92 Å². The molecule has 2 aliphatic carbocycles. The monoisotopic (exact) mass is 425 g/mol. The normalized spacial score (nSPS) is 22.5. The minimum Gasteiger partial charge on any atom is -0.206 e. The minimum atomic E-state index is -0.756. The van der Waals surface area contributed by atoms with Crippen molar-refractivity contribution in [2.24, 2.45) is 11.8 Å². The predicted octanol–water partition coefficient (Wildman–Crippen LogP) is 8.06. The van der Waals surface area contributed by atoms with E-state index in [0.29, 0.717) is 17.9 Å². The topological polar surface area (TPSA) is 23.8 Å². The SMILES string of the molecule is CCCCCCC1CCC2c3cc(F)c(-c4ccc(C#N)c(F)c4)c(F)c3CCC2C1. The van der Waals surface area contributed by atoms with Gasteiger partial charge in [-0.05, 0) is 84.7 Å². The van der Waals surface area contributed by atoms with E-state index in [4.69, 9.17) is 5.26 Å². The molecule has 0 spiro atoms. The largest absolute Gasteiger partial charge is 0.206 e. The van der Waals surface area contributed by atoms with E-state index < -0.39 is 17.5 Å². The van der Waals surface area contributed by atoms with Gasteiger partial charge in [0.25, 0.3) is 0 Å². The standard InChI is InChI=1S/C27H30F3N/c1-2-3-4-5-6-17-7-11-21-18(13-17)10-12-22-23(21)15-25(29)26(27(22)30)19-8-9-20(16-31)24(28)14-19/h8-9,14-15,17-18,21H,2-7,10-13H2,1H3. The molecule has 2 aromatic rings. The molecule has 0 aromatic heterocycles. The summed E-state index contributed by atoms with van der Waals surface area (Å²) in [5.41, 5.74) is 1.27. The van der Waals surface area contributed by atoms with Crippen molar-refractivity contribution >= 4 is 0 Å². The van der Waals surface area contributed by atoms with Gasteiger partial charge >= 0.3 is 0 Å². The van der Waals surface area contributed by atoms with Crippen molar-refractivity contribution in [3.63, 3.8) is 0 Å². The van der Waals surface area contributed by atoms with Crippen LogP contribution in [0, 0.1) is 40.6 Å². The summed E-state index contributed by atoms with van der Waals surface area (Å²) in [6, 6.07) is 7.00. The van der Waals surface area contributed by atoms with Gasteiger partial charge in [-0.1, -0.05) is 45.1 Å². The summed E-state index contributed by atoms with van der Waals surface area (Å²) in [5, 5.41) is 8.91. The molecule has 0 aliphatic heterocycles. The van der Waals surface area contributed by atoms with Crippen molar-refractivity contribution in [3.8, 4) is 17.2 Å². The molecule has 0 bridgehead atoms. The molecule has 0 amide bonds. The van der Waals surface area contributed by atoms with Gasteiger partial charge in [-0.3, -0.25) is 0 Å². The van der Waals surface area contributed by atoms with Crippen LogP contribution in [0.5, 0.6) is 0 Å². The molecule has 2 aromatic carbocycles. The highest BCUT2D eigenvalue weighted by atomic mass is 19.1. The summed E-state index contributed by atoms with van der Waals surface area (Å²) in [6.07, 6.45) is 11.3. The molecule has 164 valence electrons. The molecule has 3 unspecified atom stereocenters. The fourth-order valence-corrected chi connectivity index (χ4v) is 5.83. The molecule has 1 nitrogen and oxygen atoms in total. The first-order valence-corrected chi connectivity index (χ1v) is 11.7. The second-order valence-corrected chi connectivity index (χ2v) is 9.36. The number of halogens is 3. The van der Waals surface area contributed by atoms with Gasteiger partial charge in [-0.2, -0.15) is 5.26 Å². The maximum absolute atomic E-state index is 15.5. The second kappa shape index (κ2) is 9.47. The smallest absolute Gasteiger partial charge is 0.141 e. The molecule has 1 fully saturated rings. The van der Waals surface area contributed by atoms with E-state index in [1.807, 2.05) is 0 Å². The number of unbranched alkanes of at least 4 members (excludes halogenated alkanes) is 3. The Labute approximate surface area is 183 Å². The van der Waals surface area contributed by atoms with E-state index in [1.54, 1.807) is 6.07 Å². The fourth-order valence-electron chi connectivity index (χ4n) is 5.83. The number of hydrogen-bond acceptors (Lipinski definition) is 1. The van der Waals surface area contributed by atoms with Gasteiger partial charge in [0.15, 0.2) is 0 Å². The molecule has 0 N–H and O–H groups in total. The molecule has 3 atom stereocenters. The summed E-state index contributed by atoms with van der Waals surface area (Å²) in [5.74, 6) is -0.466. The van der Waals surface area contributed by atoms with Gasteiger partial charge in [-0.25, -0.2) is 13.2 Å². The van der Waals surface area contributed by atoms with Crippen LogP contribution in [0.1, 0.15) is 87.3 Å². The van der Waals surface area contributed by atoms with Crippen molar-refractivity contribution in [2.75, 3.05) is 0 Å². The van der Waals surface area contributed by atoms with Crippen LogP contribution in [-0.4, -0.2) is 0 Å². The van der Waals surface area contributed by atoms with E-state index in [0.717, 1.165) is 36.8 Å². The summed E-state index contributed by atoms with van der Waals surface area (Å²) in [6.45, 7) is 2.23. The summed E-state index contributed by atoms with van der Waals surface area (Å²) >= 11 is 0. The van der Waals surface area contributed by atoms with Gasteiger partial charge in [0, 0.05) is 0 Å². The van der Waals surface area contributed by atoms with Gasteiger partial charge in [0.2, 0.25) is 0 Å². The summed E-state index contributed by atoms with van der Waals surface area (Å²) in [4.78, 5) is 0. The molecule has 0 radical (unpaired) electrons. The Hall–Kier alpha value is -2.28. The van der Waals surface area contributed by atoms with E-state index >= 15 is 8.78 Å². The Balaban J connectivity index is 1.56. The zero-order valence-electron chi connectivity index (χ0n) is 18.2. The summed E-state index contributed by atoms with van der Waals surface area (Å²) < 4.78 is 44.6. The highest BCUT2D eigenvalue weighted by molar-refractivity contribution is 5.68. The van der Waals surface area contributed by atoms with Gasteiger partial charge in [-0.15, -0.1) is 0 Å². The highest BCUT2D eigenvalue weighted by Gasteiger charge is 2.37. The summed E-state index contributed by atoms with van der Waals surface area (Å²) in [7, 11) is 0. The third kappa shape index (κ3) is 4.38. The van der Waals surface area contributed by atoms with Crippen LogP contribution in [0.2, 0.25) is 0 Å². The Bertz CT molecular complexity index is 991. The van der Waals surface area contributed by atoms with Crippen LogP contribution in [0.4, 0.5) is 13.2 Å². The molecule has 1 saturated carbocycles. The van der Waals surface area contributed by atoms with Gasteiger partial charge < -0.3 is 0 Å². The van der Waals surface area contributed by atoms with Gasteiger partial charge in [0.05, 0.1) is 11.1 Å². The first kappa shape index (κ1) is 21.9. The van der Waals surface area contributed by atoms with Crippen LogP contribution in [0.3, 0.4) is 0 Å². The molecule has 4 heteroatoms. The fraction of sp³-hybridized carbons (Fsp3) is 0.519. The lowest BCUT2D eigenvalue weighted by Gasteiger charge is -2.41. The number of hydrogen-bond donors (Lipinski definition) is 0. The van der Waals surface area contributed by atoms with Crippen LogP contribution in [0.15, 0.2) is 24.3 Å². The molecule has 0 saturated heterocycles. The van der Waals surface area contributed by atoms with Crippen molar-refractivity contribution in [1.82, 2.24) is 0 Å². The lowest BCUT2D eigenvalue weighted by Crippen LogP contribution is -2.29. The Kier molecular flexibility index (Phi) is 6.70. The molecule has 2 aliphatic rings. The third-order valence-electron chi connectivity index (χ3n) is 7.45. The maximum atomic E-state index is 15.5. The predicted molar refractivity (Wildman–Crippen MR) is 117 cm³/mol. The quantitative estimate of drug-likeness (QED) is 0.429. The van der Waals surface area contributed by atoms with Crippen LogP contribution in [0.25, 0.3) is 11.1 Å². The van der Waals surface area contributed by atoms with Crippen molar-refractivity contribution < 1.29 is 13.2 Å². The Morgan fingerprint density at radius 2 is 1.84 bits per heavy atom. The number of fused-ring (bicyclic) bond motifs is 3. The van der Waals surface area contributed by atoms with Crippen LogP contribution in [-0.2, 0) is 6.42 Å². The highest BCUT2D eigenvalue weighted by Crippen LogP contribution is 2.49. The Morgan fingerprint density at radius 1 is 1.00 bits per heavy atom. The first-order valence-electron chi connectivity index (χ1n) is 11.7. The number of rotatable bonds is 6. The number of benzene rings is 2. The molecule has 31 heavy (non-hydrogen) atoms. The van der Waals surface area contributed by atoms with Crippen molar-refractivity contribution in [3.05, 3.63) is 58.4 Å². The number of nitriles is 1. The average molecular weight is 426 g/mol. The Morgan fingerprint density at radius 3 is 2.58 bits per heavy atom. The first-order chi connectivity index (χ1) is 15.0. The van der Waals surface area contributed by atoms with E-state index in [-0.39, 0.29) is 22.6 Å². The van der Waals surface area contributed by atoms with Crippen molar-refractivity contribution in [2.45, 2.75) is 77.0 Å². The average Bonchev–Trinajstić information content (AvgIpc) is 2.76. The van der Waals surface area contributed by atoms with Crippen LogP contribution >= 0.6 is 0 Å². The lowest BCUT2D eigenvalue weighted by atomic mass is 9.64. The lowest BCUT2D eigenvalue weighted by molar-refractivity contribution is 0.197. The molecule has 4 rings (SSSR count).